The lowest BCUT2D eigenvalue weighted by Gasteiger charge is -2.06. The van der Waals surface area contributed by atoms with Gasteiger partial charge in [0, 0.05) is 16.3 Å². The zero-order valence-corrected chi connectivity index (χ0v) is 16.3. The number of carbonyl (C=O) groups excluding carboxylic acids is 1. The topological polar surface area (TPSA) is 54.9 Å². The van der Waals surface area contributed by atoms with Gasteiger partial charge in [-0.1, -0.05) is 58.7 Å². The second kappa shape index (κ2) is 8.73. The van der Waals surface area contributed by atoms with Crippen molar-refractivity contribution < 1.29 is 4.79 Å². The first-order valence-corrected chi connectivity index (χ1v) is 9.60. The van der Waals surface area contributed by atoms with Gasteiger partial charge in [0.25, 0.3) is 0 Å². The van der Waals surface area contributed by atoms with Crippen LogP contribution in [0.25, 0.3) is 11.3 Å². The molecule has 1 N–H and O–H groups in total. The van der Waals surface area contributed by atoms with Crippen LogP contribution in [0.4, 0.5) is 5.69 Å². The molecule has 26 heavy (non-hydrogen) atoms. The van der Waals surface area contributed by atoms with Gasteiger partial charge in [0.1, 0.15) is 5.03 Å². The number of nitrogens with zero attached hydrogens (tertiary/aromatic N) is 2. The van der Waals surface area contributed by atoms with Crippen LogP contribution in [0.5, 0.6) is 0 Å². The van der Waals surface area contributed by atoms with Crippen LogP contribution in [0.2, 0.25) is 15.1 Å². The Morgan fingerprint density at radius 3 is 2.35 bits per heavy atom. The molecule has 2 aromatic carbocycles. The molecular weight excluding hydrogens is 413 g/mol. The molecule has 0 aliphatic heterocycles. The van der Waals surface area contributed by atoms with Crippen LogP contribution in [0, 0.1) is 0 Å². The van der Waals surface area contributed by atoms with Crippen LogP contribution >= 0.6 is 46.6 Å². The highest BCUT2D eigenvalue weighted by Crippen LogP contribution is 2.25. The Kier molecular flexibility index (Phi) is 6.38. The lowest BCUT2D eigenvalue weighted by molar-refractivity contribution is -0.113. The summed E-state index contributed by atoms with van der Waals surface area (Å²) >= 11 is 19.0. The molecule has 1 amide bonds. The molecule has 132 valence electrons. The fourth-order valence-electron chi connectivity index (χ4n) is 2.08. The second-order valence-corrected chi connectivity index (χ2v) is 7.48. The van der Waals surface area contributed by atoms with Gasteiger partial charge in [-0.15, -0.1) is 10.2 Å². The molecular formula is C18H12Cl3N3OS. The quantitative estimate of drug-likeness (QED) is 0.523. The van der Waals surface area contributed by atoms with Crippen LogP contribution in [-0.4, -0.2) is 21.9 Å². The van der Waals surface area contributed by atoms with Crippen molar-refractivity contribution in [2.24, 2.45) is 0 Å². The minimum Gasteiger partial charge on any atom is -0.325 e. The van der Waals surface area contributed by atoms with Gasteiger partial charge in [-0.3, -0.25) is 4.79 Å². The first kappa shape index (κ1) is 19.0. The first-order chi connectivity index (χ1) is 12.5. The number of hydrogen-bond acceptors (Lipinski definition) is 4. The van der Waals surface area contributed by atoms with Gasteiger partial charge in [-0.05, 0) is 42.5 Å². The molecule has 1 heterocycles. The van der Waals surface area contributed by atoms with E-state index in [1.165, 1.54) is 11.8 Å². The molecule has 8 heteroatoms. The molecule has 0 saturated heterocycles. The van der Waals surface area contributed by atoms with E-state index in [0.717, 1.165) is 11.3 Å². The number of nitrogens with one attached hydrogen (secondary N) is 1. The minimum atomic E-state index is -0.169. The zero-order valence-electron chi connectivity index (χ0n) is 13.2. The maximum absolute atomic E-state index is 12.0. The summed E-state index contributed by atoms with van der Waals surface area (Å²) in [6.07, 6.45) is 0. The maximum Gasteiger partial charge on any atom is 0.234 e. The zero-order chi connectivity index (χ0) is 18.5. The van der Waals surface area contributed by atoms with Crippen LogP contribution < -0.4 is 5.32 Å². The van der Waals surface area contributed by atoms with Crippen LogP contribution in [0.15, 0.2) is 59.6 Å². The van der Waals surface area contributed by atoms with Crippen LogP contribution in [-0.2, 0) is 4.79 Å². The minimum absolute atomic E-state index is 0.169. The first-order valence-electron chi connectivity index (χ1n) is 7.48. The number of rotatable bonds is 5. The molecule has 0 fully saturated rings. The van der Waals surface area contributed by atoms with Crippen LogP contribution in [0.3, 0.4) is 0 Å². The number of thioether (sulfide) groups is 1. The second-order valence-electron chi connectivity index (χ2n) is 5.23. The highest BCUT2D eigenvalue weighted by Gasteiger charge is 2.07. The number of carbonyl (C=O) groups is 1. The highest BCUT2D eigenvalue weighted by atomic mass is 35.5. The number of anilines is 1. The van der Waals surface area contributed by atoms with E-state index in [1.54, 1.807) is 30.3 Å². The van der Waals surface area contributed by atoms with E-state index in [9.17, 15) is 4.79 Å². The molecule has 0 saturated carbocycles. The standard InChI is InChI=1S/C18H12Cl3N3OS/c19-12-3-1-11(2-4-12)16-7-8-18(24-23-16)26-10-17(25)22-13-5-6-14(20)15(21)9-13/h1-9H,10H2,(H,22,25). The van der Waals surface area contributed by atoms with E-state index in [4.69, 9.17) is 34.8 Å². The average molecular weight is 425 g/mol. The lowest BCUT2D eigenvalue weighted by Crippen LogP contribution is -2.14. The number of benzene rings is 2. The fourth-order valence-corrected chi connectivity index (χ4v) is 3.12. The van der Waals surface area contributed by atoms with E-state index in [1.807, 2.05) is 24.3 Å². The van der Waals surface area contributed by atoms with Gasteiger partial charge in [0.2, 0.25) is 5.91 Å². The predicted octanol–water partition coefficient (Wildman–Crippen LogP) is 5.83. The molecule has 0 aliphatic rings. The lowest BCUT2D eigenvalue weighted by atomic mass is 10.1. The average Bonchev–Trinajstić information content (AvgIpc) is 2.64. The summed E-state index contributed by atoms with van der Waals surface area (Å²) in [5.41, 5.74) is 2.26. The Hall–Kier alpha value is -1.79. The SMILES string of the molecule is O=C(CSc1ccc(-c2ccc(Cl)cc2)nn1)Nc1ccc(Cl)c(Cl)c1. The van der Waals surface area contributed by atoms with Gasteiger partial charge in [-0.2, -0.15) is 0 Å². The fraction of sp³-hybridized carbons (Fsp3) is 0.0556. The largest absolute Gasteiger partial charge is 0.325 e. The van der Waals surface area contributed by atoms with E-state index >= 15 is 0 Å². The number of aromatic nitrogens is 2. The van der Waals surface area contributed by atoms with Crippen molar-refractivity contribution in [2.75, 3.05) is 11.1 Å². The third-order valence-electron chi connectivity index (χ3n) is 3.33. The third-order valence-corrected chi connectivity index (χ3v) is 5.25. The molecule has 3 rings (SSSR count). The third kappa shape index (κ3) is 5.11. The Morgan fingerprint density at radius 2 is 1.69 bits per heavy atom. The molecule has 3 aromatic rings. The van der Waals surface area contributed by atoms with Crippen molar-refractivity contribution >= 4 is 58.2 Å². The molecule has 0 atom stereocenters. The van der Waals surface area contributed by atoms with Crippen molar-refractivity contribution in [1.82, 2.24) is 10.2 Å². The highest BCUT2D eigenvalue weighted by molar-refractivity contribution is 7.99. The van der Waals surface area contributed by atoms with Crippen LogP contribution in [0.1, 0.15) is 0 Å². The van der Waals surface area contributed by atoms with Gasteiger partial charge in [-0.25, -0.2) is 0 Å². The van der Waals surface area contributed by atoms with Crippen molar-refractivity contribution in [2.45, 2.75) is 5.03 Å². The normalized spacial score (nSPS) is 10.6. The van der Waals surface area contributed by atoms with Crippen molar-refractivity contribution in [3.05, 3.63) is 69.7 Å². The summed E-state index contributed by atoms with van der Waals surface area (Å²) < 4.78 is 0. The Labute approximate surface area is 169 Å². The summed E-state index contributed by atoms with van der Waals surface area (Å²) in [6, 6.07) is 16.0. The van der Waals surface area contributed by atoms with Gasteiger partial charge in [0.15, 0.2) is 0 Å². The summed E-state index contributed by atoms with van der Waals surface area (Å²) in [5, 5.41) is 13.2. The van der Waals surface area contributed by atoms with Crippen molar-refractivity contribution in [3.63, 3.8) is 0 Å². The predicted molar refractivity (Wildman–Crippen MR) is 108 cm³/mol. The van der Waals surface area contributed by atoms with E-state index in [2.05, 4.69) is 15.5 Å². The Morgan fingerprint density at radius 1 is 0.923 bits per heavy atom. The summed E-state index contributed by atoms with van der Waals surface area (Å²) in [6.45, 7) is 0. The molecule has 0 bridgehead atoms. The van der Waals surface area contributed by atoms with E-state index in [0.29, 0.717) is 25.8 Å². The van der Waals surface area contributed by atoms with E-state index in [-0.39, 0.29) is 11.7 Å². The molecule has 1 aromatic heterocycles. The number of amides is 1. The van der Waals surface area contributed by atoms with Gasteiger partial charge < -0.3 is 5.32 Å². The van der Waals surface area contributed by atoms with Crippen molar-refractivity contribution in [1.29, 1.82) is 0 Å². The summed E-state index contributed by atoms with van der Waals surface area (Å²) in [7, 11) is 0. The Balaban J connectivity index is 1.56. The maximum atomic E-state index is 12.0. The molecule has 0 aliphatic carbocycles. The Bertz CT molecular complexity index is 918. The van der Waals surface area contributed by atoms with Gasteiger partial charge in [0.05, 0.1) is 21.5 Å². The molecule has 0 unspecified atom stereocenters. The monoisotopic (exact) mass is 423 g/mol. The smallest absolute Gasteiger partial charge is 0.234 e. The van der Waals surface area contributed by atoms with Crippen molar-refractivity contribution in [3.8, 4) is 11.3 Å². The number of halogens is 3. The number of hydrogen-bond donors (Lipinski definition) is 1. The summed E-state index contributed by atoms with van der Waals surface area (Å²) in [4.78, 5) is 12.0. The van der Waals surface area contributed by atoms with Gasteiger partial charge >= 0.3 is 0 Å². The molecule has 4 nitrogen and oxygen atoms in total. The van der Waals surface area contributed by atoms with E-state index < -0.39 is 0 Å². The molecule has 0 spiro atoms. The summed E-state index contributed by atoms with van der Waals surface area (Å²) in [5.74, 6) is 0.0341. The molecule has 0 radical (unpaired) electrons.